The summed E-state index contributed by atoms with van der Waals surface area (Å²) >= 11 is 0. The molecule has 2 aromatic rings. The topological polar surface area (TPSA) is 99.0 Å². The van der Waals surface area contributed by atoms with Crippen molar-refractivity contribution in [2.75, 3.05) is 18.5 Å². The lowest BCUT2D eigenvalue weighted by molar-refractivity contribution is -0.189. The fourth-order valence-electron chi connectivity index (χ4n) is 4.01. The van der Waals surface area contributed by atoms with E-state index in [0.29, 0.717) is 17.5 Å². The summed E-state index contributed by atoms with van der Waals surface area (Å²) in [6, 6.07) is 10.3. The summed E-state index contributed by atoms with van der Waals surface area (Å²) in [7, 11) is 0. The first-order chi connectivity index (χ1) is 14.0. The number of ketones is 1. The van der Waals surface area contributed by atoms with Crippen LogP contribution in [0.1, 0.15) is 34.8 Å². The van der Waals surface area contributed by atoms with Crippen LogP contribution >= 0.6 is 0 Å². The van der Waals surface area contributed by atoms with Gasteiger partial charge in [-0.05, 0) is 53.3 Å². The Morgan fingerprint density at radius 2 is 1.97 bits per heavy atom. The molecule has 29 heavy (non-hydrogen) atoms. The SMILES string of the molecule is O=C1C(O)[C@H](c2ccc(F)c(Cc3ccc4c(c3)CCCN4)c2)O[C@H](CO)[C@@H]1O. The fourth-order valence-corrected chi connectivity index (χ4v) is 4.01. The molecule has 0 spiro atoms. The van der Waals surface area contributed by atoms with E-state index in [0.717, 1.165) is 30.6 Å². The Morgan fingerprint density at radius 1 is 1.14 bits per heavy atom. The second-order valence-corrected chi connectivity index (χ2v) is 7.62. The van der Waals surface area contributed by atoms with Crippen molar-refractivity contribution in [2.24, 2.45) is 0 Å². The van der Waals surface area contributed by atoms with Gasteiger partial charge in [-0.25, -0.2) is 4.39 Å². The van der Waals surface area contributed by atoms with Crippen molar-refractivity contribution in [2.45, 2.75) is 43.7 Å². The third-order valence-electron chi connectivity index (χ3n) is 5.62. The molecule has 4 atom stereocenters. The number of fused-ring (bicyclic) bond motifs is 1. The van der Waals surface area contributed by atoms with Crippen molar-refractivity contribution in [3.63, 3.8) is 0 Å². The van der Waals surface area contributed by atoms with Crippen LogP contribution in [0.25, 0.3) is 0 Å². The number of aryl methyl sites for hydroxylation is 1. The van der Waals surface area contributed by atoms with Crippen molar-refractivity contribution in [1.82, 2.24) is 0 Å². The Bertz CT molecular complexity index is 918. The number of nitrogens with one attached hydrogen (secondary N) is 1. The monoisotopic (exact) mass is 401 g/mol. The van der Waals surface area contributed by atoms with Crippen molar-refractivity contribution in [3.05, 3.63) is 64.5 Å². The van der Waals surface area contributed by atoms with Crippen LogP contribution in [0.15, 0.2) is 36.4 Å². The minimum Gasteiger partial charge on any atom is -0.394 e. The number of halogens is 1. The Morgan fingerprint density at radius 3 is 2.76 bits per heavy atom. The second kappa shape index (κ2) is 8.20. The summed E-state index contributed by atoms with van der Waals surface area (Å²) in [6.45, 7) is 0.391. The van der Waals surface area contributed by atoms with E-state index in [9.17, 15) is 24.5 Å². The first-order valence-electron chi connectivity index (χ1n) is 9.78. The molecular formula is C22H24FNO5. The molecule has 0 aliphatic carbocycles. The first kappa shape index (κ1) is 20.0. The van der Waals surface area contributed by atoms with Crippen molar-refractivity contribution in [3.8, 4) is 0 Å². The minimum absolute atomic E-state index is 0.357. The molecule has 2 aliphatic rings. The number of rotatable bonds is 4. The average molecular weight is 401 g/mol. The van der Waals surface area contributed by atoms with Crippen molar-refractivity contribution < 1.29 is 29.2 Å². The number of aliphatic hydroxyl groups excluding tert-OH is 3. The van der Waals surface area contributed by atoms with Gasteiger partial charge in [0.1, 0.15) is 30.2 Å². The zero-order chi connectivity index (χ0) is 20.5. The third kappa shape index (κ3) is 3.91. The molecule has 0 amide bonds. The van der Waals surface area contributed by atoms with Crippen LogP contribution < -0.4 is 5.32 Å². The predicted octanol–water partition coefficient (Wildman–Crippen LogP) is 1.50. The molecule has 4 rings (SSSR count). The van der Waals surface area contributed by atoms with Gasteiger partial charge in [0.05, 0.1) is 6.61 Å². The van der Waals surface area contributed by atoms with Gasteiger partial charge in [-0.1, -0.05) is 18.2 Å². The van der Waals surface area contributed by atoms with Gasteiger partial charge in [-0.2, -0.15) is 0 Å². The van der Waals surface area contributed by atoms with Crippen molar-refractivity contribution in [1.29, 1.82) is 0 Å². The van der Waals surface area contributed by atoms with Gasteiger partial charge in [-0.3, -0.25) is 4.79 Å². The Hall–Kier alpha value is -2.32. The number of Topliss-reactive ketones (excluding diaryl/α,β-unsaturated/α-hetero) is 1. The van der Waals surface area contributed by atoms with Gasteiger partial charge in [-0.15, -0.1) is 0 Å². The zero-order valence-electron chi connectivity index (χ0n) is 15.8. The highest BCUT2D eigenvalue weighted by atomic mass is 19.1. The van der Waals surface area contributed by atoms with Crippen LogP contribution in [0, 0.1) is 5.82 Å². The van der Waals surface area contributed by atoms with Crippen LogP contribution in [-0.4, -0.2) is 52.6 Å². The van der Waals surface area contributed by atoms with E-state index in [2.05, 4.69) is 11.4 Å². The number of benzene rings is 2. The van der Waals surface area contributed by atoms with Crippen LogP contribution in [0.4, 0.5) is 10.1 Å². The third-order valence-corrected chi connectivity index (χ3v) is 5.62. The van der Waals surface area contributed by atoms with E-state index in [4.69, 9.17) is 4.74 Å². The lowest BCUT2D eigenvalue weighted by Gasteiger charge is -2.35. The molecule has 4 N–H and O–H groups in total. The maximum Gasteiger partial charge on any atom is 0.195 e. The highest BCUT2D eigenvalue weighted by Crippen LogP contribution is 2.32. The zero-order valence-corrected chi connectivity index (χ0v) is 15.8. The fraction of sp³-hybridized carbons (Fsp3) is 0.409. The molecule has 2 aromatic carbocycles. The van der Waals surface area contributed by atoms with Gasteiger partial charge >= 0.3 is 0 Å². The molecule has 2 aliphatic heterocycles. The smallest absolute Gasteiger partial charge is 0.195 e. The second-order valence-electron chi connectivity index (χ2n) is 7.62. The summed E-state index contributed by atoms with van der Waals surface area (Å²) in [5.74, 6) is -1.20. The molecule has 0 radical (unpaired) electrons. The van der Waals surface area contributed by atoms with Crippen molar-refractivity contribution >= 4 is 11.5 Å². The molecule has 1 unspecified atom stereocenters. The van der Waals surface area contributed by atoms with E-state index < -0.39 is 36.8 Å². The summed E-state index contributed by atoms with van der Waals surface area (Å²) < 4.78 is 20.0. The summed E-state index contributed by atoms with van der Waals surface area (Å²) in [4.78, 5) is 12.1. The first-order valence-corrected chi connectivity index (χ1v) is 9.78. The quantitative estimate of drug-likeness (QED) is 0.620. The molecule has 6 nitrogen and oxygen atoms in total. The van der Waals surface area contributed by atoms with E-state index in [1.165, 1.54) is 17.7 Å². The number of hydrogen-bond acceptors (Lipinski definition) is 6. The van der Waals surface area contributed by atoms with E-state index in [1.54, 1.807) is 6.07 Å². The normalized spacial score (nSPS) is 26.7. The van der Waals surface area contributed by atoms with E-state index in [1.807, 2.05) is 12.1 Å². The summed E-state index contributed by atoms with van der Waals surface area (Å²) in [5.41, 5.74) is 4.13. The molecule has 0 saturated carbocycles. The number of carbonyl (C=O) groups is 1. The maximum absolute atomic E-state index is 14.5. The molecule has 154 valence electrons. The standard InChI is InChI=1S/C22H24FNO5/c23-16-5-4-14(22-21(28)20(27)19(26)18(11-25)29-22)10-15(16)9-12-3-6-17-13(8-12)2-1-7-24-17/h3-6,8,10,18-19,21-22,24-26,28H,1-2,7,9,11H2/t18-,19+,21?,22+/m1/s1. The van der Waals surface area contributed by atoms with Crippen LogP contribution in [0.3, 0.4) is 0 Å². The predicted molar refractivity (Wildman–Crippen MR) is 104 cm³/mol. The van der Waals surface area contributed by atoms with Crippen LogP contribution in [0.5, 0.6) is 0 Å². The molecule has 7 heteroatoms. The van der Waals surface area contributed by atoms with Gasteiger partial charge in [0.2, 0.25) is 0 Å². The molecule has 2 heterocycles. The Kier molecular flexibility index (Phi) is 5.65. The van der Waals surface area contributed by atoms with Crippen LogP contribution in [0.2, 0.25) is 0 Å². The van der Waals surface area contributed by atoms with Gasteiger partial charge in [0.25, 0.3) is 0 Å². The minimum atomic E-state index is -1.59. The highest BCUT2D eigenvalue weighted by Gasteiger charge is 2.43. The Balaban J connectivity index is 1.60. The lowest BCUT2D eigenvalue weighted by atomic mass is 9.90. The largest absolute Gasteiger partial charge is 0.394 e. The highest BCUT2D eigenvalue weighted by molar-refractivity contribution is 5.89. The number of ether oxygens (including phenoxy) is 1. The molecular weight excluding hydrogens is 377 g/mol. The average Bonchev–Trinajstić information content (AvgIpc) is 2.74. The number of hydrogen-bond donors (Lipinski definition) is 4. The van der Waals surface area contributed by atoms with E-state index in [-0.39, 0.29) is 5.82 Å². The lowest BCUT2D eigenvalue weighted by Crippen LogP contribution is -2.52. The maximum atomic E-state index is 14.5. The van der Waals surface area contributed by atoms with E-state index >= 15 is 0 Å². The Labute approximate surface area is 167 Å². The number of anilines is 1. The van der Waals surface area contributed by atoms with Gasteiger partial charge in [0.15, 0.2) is 5.78 Å². The van der Waals surface area contributed by atoms with Crippen LogP contribution in [-0.2, 0) is 22.4 Å². The van der Waals surface area contributed by atoms with Gasteiger partial charge in [0, 0.05) is 18.7 Å². The molecule has 1 fully saturated rings. The summed E-state index contributed by atoms with van der Waals surface area (Å²) in [6.07, 6.45) is -2.98. The number of aliphatic hydroxyl groups is 3. The molecule has 0 bridgehead atoms. The molecule has 1 saturated heterocycles. The molecule has 0 aromatic heterocycles. The van der Waals surface area contributed by atoms with Gasteiger partial charge < -0.3 is 25.4 Å². The summed E-state index contributed by atoms with van der Waals surface area (Å²) in [5, 5.41) is 32.7. The number of carbonyl (C=O) groups excluding carboxylic acids is 1.